The molecule has 2 heterocycles. The number of benzene rings is 1. The molecule has 0 fully saturated rings. The number of carbonyl (C=O) groups is 1. The van der Waals surface area contributed by atoms with Crippen LogP contribution < -0.4 is 10.1 Å². The Bertz CT molecular complexity index is 727. The lowest BCUT2D eigenvalue weighted by Crippen LogP contribution is -2.31. The molecule has 0 radical (unpaired) electrons. The van der Waals surface area contributed by atoms with E-state index in [1.165, 1.54) is 5.56 Å². The fourth-order valence-corrected chi connectivity index (χ4v) is 3.03. The normalized spacial score (nSPS) is 17.1. The zero-order chi connectivity index (χ0) is 16.4. The summed E-state index contributed by atoms with van der Waals surface area (Å²) in [6.45, 7) is 3.09. The Kier molecular flexibility index (Phi) is 4.57. The second kappa shape index (κ2) is 6.62. The molecule has 1 amide bonds. The van der Waals surface area contributed by atoms with Crippen LogP contribution in [-0.4, -0.2) is 28.8 Å². The van der Waals surface area contributed by atoms with Crippen LogP contribution >= 0.6 is 11.6 Å². The lowest BCUT2D eigenvalue weighted by molar-refractivity contribution is 0.0940. The summed E-state index contributed by atoms with van der Waals surface area (Å²) in [4.78, 5) is 12.3. The maximum absolute atomic E-state index is 12.3. The number of nitrogens with one attached hydrogen (secondary N) is 1. The highest BCUT2D eigenvalue weighted by Gasteiger charge is 2.21. The van der Waals surface area contributed by atoms with Crippen molar-refractivity contribution in [3.63, 3.8) is 0 Å². The van der Waals surface area contributed by atoms with Crippen LogP contribution in [0.25, 0.3) is 0 Å². The molecule has 0 unspecified atom stereocenters. The van der Waals surface area contributed by atoms with Crippen molar-refractivity contribution in [2.24, 2.45) is 13.0 Å². The van der Waals surface area contributed by atoms with Crippen molar-refractivity contribution in [2.45, 2.75) is 19.8 Å². The molecular weight excluding hydrogens is 314 g/mol. The van der Waals surface area contributed by atoms with E-state index in [9.17, 15) is 4.79 Å². The quantitative estimate of drug-likeness (QED) is 0.939. The molecule has 0 spiro atoms. The van der Waals surface area contributed by atoms with Gasteiger partial charge in [0.05, 0.1) is 17.3 Å². The van der Waals surface area contributed by atoms with Gasteiger partial charge in [0.1, 0.15) is 5.75 Å². The van der Waals surface area contributed by atoms with Crippen LogP contribution in [0, 0.1) is 12.8 Å². The van der Waals surface area contributed by atoms with Gasteiger partial charge in [0.25, 0.3) is 5.91 Å². The fourth-order valence-electron chi connectivity index (χ4n) is 2.78. The van der Waals surface area contributed by atoms with Gasteiger partial charge in [-0.2, -0.15) is 5.10 Å². The maximum atomic E-state index is 12.3. The predicted molar refractivity (Wildman–Crippen MR) is 89.0 cm³/mol. The van der Waals surface area contributed by atoms with Crippen molar-refractivity contribution in [3.05, 3.63) is 46.2 Å². The largest absolute Gasteiger partial charge is 0.493 e. The summed E-state index contributed by atoms with van der Waals surface area (Å²) < 4.78 is 7.38. The number of aryl methyl sites for hydroxylation is 1. The number of fused-ring (bicyclic) bond motifs is 1. The molecule has 23 heavy (non-hydrogen) atoms. The van der Waals surface area contributed by atoms with Crippen LogP contribution in [0.2, 0.25) is 5.02 Å². The van der Waals surface area contributed by atoms with E-state index in [1.54, 1.807) is 11.7 Å². The summed E-state index contributed by atoms with van der Waals surface area (Å²) in [6.07, 6.45) is 1.80. The summed E-state index contributed by atoms with van der Waals surface area (Å²) in [5.41, 5.74) is 2.27. The first-order chi connectivity index (χ1) is 11.1. The van der Waals surface area contributed by atoms with E-state index < -0.39 is 0 Å². The average molecular weight is 334 g/mol. The summed E-state index contributed by atoms with van der Waals surface area (Å²) in [5.74, 6) is 1.06. The summed E-state index contributed by atoms with van der Waals surface area (Å²) >= 11 is 6.16. The number of para-hydroxylation sites is 1. The molecule has 2 aromatic rings. The van der Waals surface area contributed by atoms with E-state index in [0.717, 1.165) is 24.3 Å². The van der Waals surface area contributed by atoms with Gasteiger partial charge in [0, 0.05) is 13.6 Å². The number of rotatable bonds is 3. The van der Waals surface area contributed by atoms with E-state index in [0.29, 0.717) is 24.1 Å². The van der Waals surface area contributed by atoms with Gasteiger partial charge in [-0.25, -0.2) is 0 Å². The van der Waals surface area contributed by atoms with Crippen molar-refractivity contribution >= 4 is 17.5 Å². The highest BCUT2D eigenvalue weighted by atomic mass is 35.5. The monoisotopic (exact) mass is 333 g/mol. The third-order valence-electron chi connectivity index (χ3n) is 4.29. The van der Waals surface area contributed by atoms with Crippen LogP contribution in [0.4, 0.5) is 0 Å². The first-order valence-electron chi connectivity index (χ1n) is 7.74. The maximum Gasteiger partial charge on any atom is 0.273 e. The molecule has 1 aromatic heterocycles. The zero-order valence-electron chi connectivity index (χ0n) is 13.3. The standard InChI is InChI=1S/C17H20ClN3O2/c1-11-15(18)16(20-21(11)2)17(22)19-10-12-7-8-23-14-6-4-3-5-13(14)9-12/h3-6,12H,7-10H2,1-2H3,(H,19,22)/t12-/m0/s1. The van der Waals surface area contributed by atoms with Crippen LogP contribution in [0.1, 0.15) is 28.2 Å². The van der Waals surface area contributed by atoms with Crippen LogP contribution in [0.15, 0.2) is 24.3 Å². The first-order valence-corrected chi connectivity index (χ1v) is 8.12. The Hall–Kier alpha value is -2.01. The van der Waals surface area contributed by atoms with Crippen molar-refractivity contribution in [2.75, 3.05) is 13.2 Å². The molecule has 0 saturated carbocycles. The number of amides is 1. The number of nitrogens with zero attached hydrogens (tertiary/aromatic N) is 2. The Labute approximate surface area is 140 Å². The Balaban J connectivity index is 1.64. The molecule has 1 atom stereocenters. The highest BCUT2D eigenvalue weighted by molar-refractivity contribution is 6.34. The minimum Gasteiger partial charge on any atom is -0.493 e. The van der Waals surface area contributed by atoms with Crippen molar-refractivity contribution in [1.29, 1.82) is 0 Å². The van der Waals surface area contributed by atoms with E-state index >= 15 is 0 Å². The summed E-state index contributed by atoms with van der Waals surface area (Å²) in [6, 6.07) is 8.06. The van der Waals surface area contributed by atoms with Crippen molar-refractivity contribution in [3.8, 4) is 5.75 Å². The molecule has 1 N–H and O–H groups in total. The van der Waals surface area contributed by atoms with E-state index in [-0.39, 0.29) is 11.6 Å². The Morgan fingerprint density at radius 2 is 2.26 bits per heavy atom. The van der Waals surface area contributed by atoms with Gasteiger partial charge in [-0.05, 0) is 37.3 Å². The molecule has 0 bridgehead atoms. The lowest BCUT2D eigenvalue weighted by atomic mass is 9.97. The topological polar surface area (TPSA) is 56.1 Å². The molecule has 1 aromatic carbocycles. The number of halogens is 1. The zero-order valence-corrected chi connectivity index (χ0v) is 14.1. The van der Waals surface area contributed by atoms with E-state index in [1.807, 2.05) is 25.1 Å². The lowest BCUT2D eigenvalue weighted by Gasteiger charge is -2.14. The minimum absolute atomic E-state index is 0.225. The van der Waals surface area contributed by atoms with Gasteiger partial charge in [-0.15, -0.1) is 0 Å². The van der Waals surface area contributed by atoms with Gasteiger partial charge in [0.2, 0.25) is 0 Å². The first kappa shape index (κ1) is 15.9. The van der Waals surface area contributed by atoms with E-state index in [4.69, 9.17) is 16.3 Å². The van der Waals surface area contributed by atoms with Gasteiger partial charge >= 0.3 is 0 Å². The van der Waals surface area contributed by atoms with E-state index in [2.05, 4.69) is 16.5 Å². The third-order valence-corrected chi connectivity index (χ3v) is 4.74. The van der Waals surface area contributed by atoms with Gasteiger partial charge in [-0.1, -0.05) is 29.8 Å². The second-order valence-electron chi connectivity index (χ2n) is 5.90. The second-order valence-corrected chi connectivity index (χ2v) is 6.27. The van der Waals surface area contributed by atoms with Gasteiger partial charge < -0.3 is 10.1 Å². The number of hydrogen-bond donors (Lipinski definition) is 1. The van der Waals surface area contributed by atoms with Gasteiger partial charge in [-0.3, -0.25) is 9.48 Å². The van der Waals surface area contributed by atoms with Crippen LogP contribution in [0.5, 0.6) is 5.75 Å². The SMILES string of the molecule is Cc1c(Cl)c(C(=O)NC[C@H]2CCOc3ccccc3C2)nn1C. The molecule has 6 heteroatoms. The number of ether oxygens (including phenoxy) is 1. The molecule has 0 saturated heterocycles. The minimum atomic E-state index is -0.225. The fraction of sp³-hybridized carbons (Fsp3) is 0.412. The molecule has 1 aliphatic rings. The molecular formula is C17H20ClN3O2. The van der Waals surface area contributed by atoms with Gasteiger partial charge in [0.15, 0.2) is 5.69 Å². The smallest absolute Gasteiger partial charge is 0.273 e. The average Bonchev–Trinajstić information content (AvgIpc) is 2.74. The summed E-state index contributed by atoms with van der Waals surface area (Å²) in [5, 5.41) is 7.55. The van der Waals surface area contributed by atoms with Crippen molar-refractivity contribution < 1.29 is 9.53 Å². The molecule has 5 nitrogen and oxygen atoms in total. The number of hydrogen-bond acceptors (Lipinski definition) is 3. The third kappa shape index (κ3) is 3.34. The van der Waals surface area contributed by atoms with Crippen molar-refractivity contribution in [1.82, 2.24) is 15.1 Å². The summed E-state index contributed by atoms with van der Waals surface area (Å²) in [7, 11) is 1.78. The number of carbonyl (C=O) groups excluding carboxylic acids is 1. The molecule has 1 aliphatic heterocycles. The predicted octanol–water partition coefficient (Wildman–Crippen LogP) is 2.75. The van der Waals surface area contributed by atoms with Crippen LogP contribution in [-0.2, 0) is 13.5 Å². The van der Waals surface area contributed by atoms with Crippen LogP contribution in [0.3, 0.4) is 0 Å². The number of aromatic nitrogens is 2. The Morgan fingerprint density at radius 3 is 3.00 bits per heavy atom. The molecule has 122 valence electrons. The highest BCUT2D eigenvalue weighted by Crippen LogP contribution is 2.26. The molecule has 3 rings (SSSR count). The Morgan fingerprint density at radius 1 is 1.48 bits per heavy atom. The molecule has 0 aliphatic carbocycles.